The molecule has 0 radical (unpaired) electrons. The molecule has 2 aliphatic rings. The molecule has 0 aliphatic carbocycles. The Balaban J connectivity index is 1.86. The van der Waals surface area contributed by atoms with E-state index in [1.54, 1.807) is 0 Å². The number of rotatable bonds is 3. The zero-order valence-corrected chi connectivity index (χ0v) is 12.7. The minimum absolute atomic E-state index is 0.265. The summed E-state index contributed by atoms with van der Waals surface area (Å²) >= 11 is 3.52. The van der Waals surface area contributed by atoms with Crippen LogP contribution in [0.5, 0.6) is 5.75 Å². The summed E-state index contributed by atoms with van der Waals surface area (Å²) in [6.07, 6.45) is 3.40. The predicted molar refractivity (Wildman–Crippen MR) is 77.7 cm³/mol. The van der Waals surface area contributed by atoms with E-state index in [0.29, 0.717) is 6.42 Å². The third kappa shape index (κ3) is 2.43. The summed E-state index contributed by atoms with van der Waals surface area (Å²) in [5.41, 5.74) is 1.87. The summed E-state index contributed by atoms with van der Waals surface area (Å²) in [7, 11) is 0. The number of Topliss-reactive ketones (excluding diaryl/α,β-unsaturated/α-hetero) is 1. The lowest BCUT2D eigenvalue weighted by Gasteiger charge is -2.23. The Kier molecular flexibility index (Phi) is 3.39. The van der Waals surface area contributed by atoms with Gasteiger partial charge in [0.15, 0.2) is 5.78 Å². The zero-order chi connectivity index (χ0) is 13.5. The second kappa shape index (κ2) is 4.91. The molecular weight excluding hydrogens is 306 g/mol. The highest BCUT2D eigenvalue weighted by atomic mass is 79.9. The molecule has 1 aromatic rings. The smallest absolute Gasteiger partial charge is 0.157 e. The van der Waals surface area contributed by atoms with Crippen LogP contribution >= 0.6 is 15.9 Å². The molecule has 2 heterocycles. The molecule has 3 rings (SSSR count). The van der Waals surface area contributed by atoms with E-state index in [1.807, 2.05) is 13.0 Å². The number of benzene rings is 1. The highest BCUT2D eigenvalue weighted by molar-refractivity contribution is 9.10. The molecule has 4 heteroatoms. The van der Waals surface area contributed by atoms with Gasteiger partial charge in [-0.25, -0.2) is 0 Å². The van der Waals surface area contributed by atoms with E-state index in [-0.39, 0.29) is 11.3 Å². The van der Waals surface area contributed by atoms with Crippen LogP contribution in [0.4, 0.5) is 0 Å². The molecule has 0 saturated carbocycles. The van der Waals surface area contributed by atoms with Crippen molar-refractivity contribution in [2.45, 2.75) is 38.1 Å². The molecule has 0 aromatic heterocycles. The van der Waals surface area contributed by atoms with E-state index in [4.69, 9.17) is 4.74 Å². The summed E-state index contributed by atoms with van der Waals surface area (Å²) in [5, 5.41) is 3.33. The van der Waals surface area contributed by atoms with Gasteiger partial charge in [-0.2, -0.15) is 0 Å². The van der Waals surface area contributed by atoms with Crippen molar-refractivity contribution in [1.82, 2.24) is 5.32 Å². The SMILES string of the molecule is CC1(C(=O)Cc2cc(Br)cc3c2OCC3)CCCN1. The first kappa shape index (κ1) is 13.1. The van der Waals surface area contributed by atoms with E-state index in [2.05, 4.69) is 27.3 Å². The highest BCUT2D eigenvalue weighted by Crippen LogP contribution is 2.34. The topological polar surface area (TPSA) is 38.3 Å². The van der Waals surface area contributed by atoms with Crippen molar-refractivity contribution in [3.8, 4) is 5.75 Å². The first-order valence-electron chi connectivity index (χ1n) is 6.81. The lowest BCUT2D eigenvalue weighted by molar-refractivity contribution is -0.123. The molecule has 0 spiro atoms. The number of halogens is 1. The van der Waals surface area contributed by atoms with Crippen LogP contribution in [-0.4, -0.2) is 24.5 Å². The van der Waals surface area contributed by atoms with Crippen molar-refractivity contribution in [2.75, 3.05) is 13.2 Å². The molecular formula is C15H18BrNO2. The fraction of sp³-hybridized carbons (Fsp3) is 0.533. The highest BCUT2D eigenvalue weighted by Gasteiger charge is 2.36. The van der Waals surface area contributed by atoms with E-state index < -0.39 is 0 Å². The largest absolute Gasteiger partial charge is 0.493 e. The molecule has 1 N–H and O–H groups in total. The maximum Gasteiger partial charge on any atom is 0.157 e. The van der Waals surface area contributed by atoms with Crippen LogP contribution in [-0.2, 0) is 17.6 Å². The Morgan fingerprint density at radius 3 is 3.11 bits per heavy atom. The van der Waals surface area contributed by atoms with Gasteiger partial charge in [0.2, 0.25) is 0 Å². The van der Waals surface area contributed by atoms with Crippen LogP contribution in [0.3, 0.4) is 0 Å². The minimum Gasteiger partial charge on any atom is -0.493 e. The molecule has 1 aromatic carbocycles. The van der Waals surface area contributed by atoms with Gasteiger partial charge in [-0.1, -0.05) is 15.9 Å². The summed E-state index contributed by atoms with van der Waals surface area (Å²) in [6, 6.07) is 4.10. The molecule has 102 valence electrons. The molecule has 19 heavy (non-hydrogen) atoms. The Morgan fingerprint density at radius 1 is 1.53 bits per heavy atom. The third-order valence-electron chi connectivity index (χ3n) is 4.16. The molecule has 3 nitrogen and oxygen atoms in total. The Morgan fingerprint density at radius 2 is 2.37 bits per heavy atom. The Labute approximate surface area is 121 Å². The van der Waals surface area contributed by atoms with Crippen LogP contribution in [0.2, 0.25) is 0 Å². The van der Waals surface area contributed by atoms with Crippen molar-refractivity contribution in [3.63, 3.8) is 0 Å². The van der Waals surface area contributed by atoms with Crippen LogP contribution in [0.1, 0.15) is 30.9 Å². The van der Waals surface area contributed by atoms with Crippen molar-refractivity contribution >= 4 is 21.7 Å². The van der Waals surface area contributed by atoms with E-state index in [0.717, 1.165) is 48.2 Å². The fourth-order valence-corrected chi connectivity index (χ4v) is 3.53. The van der Waals surface area contributed by atoms with Gasteiger partial charge in [-0.05, 0) is 44.0 Å². The standard InChI is InChI=1S/C15H18BrNO2/c1-15(4-2-5-17-15)13(18)9-11-8-12(16)7-10-3-6-19-14(10)11/h7-8,17H,2-6,9H2,1H3. The lowest BCUT2D eigenvalue weighted by Crippen LogP contribution is -2.45. The second-order valence-electron chi connectivity index (χ2n) is 5.61. The zero-order valence-electron chi connectivity index (χ0n) is 11.1. The number of hydrogen-bond donors (Lipinski definition) is 1. The van der Waals surface area contributed by atoms with Gasteiger partial charge in [-0.15, -0.1) is 0 Å². The molecule has 1 atom stereocenters. The van der Waals surface area contributed by atoms with Gasteiger partial charge in [0.05, 0.1) is 12.1 Å². The lowest BCUT2D eigenvalue weighted by atomic mass is 9.89. The first-order chi connectivity index (χ1) is 9.08. The first-order valence-corrected chi connectivity index (χ1v) is 7.60. The van der Waals surface area contributed by atoms with Crippen molar-refractivity contribution in [2.24, 2.45) is 0 Å². The average Bonchev–Trinajstić information content (AvgIpc) is 2.98. The van der Waals surface area contributed by atoms with Crippen molar-refractivity contribution in [3.05, 3.63) is 27.7 Å². The van der Waals surface area contributed by atoms with Gasteiger partial charge in [0.25, 0.3) is 0 Å². The van der Waals surface area contributed by atoms with Crippen LogP contribution < -0.4 is 10.1 Å². The van der Waals surface area contributed by atoms with Gasteiger partial charge in [0.1, 0.15) is 5.75 Å². The van der Waals surface area contributed by atoms with E-state index in [1.165, 1.54) is 5.56 Å². The fourth-order valence-electron chi connectivity index (χ4n) is 2.98. The normalized spacial score (nSPS) is 25.2. The third-order valence-corrected chi connectivity index (χ3v) is 4.62. The number of nitrogens with one attached hydrogen (secondary N) is 1. The second-order valence-corrected chi connectivity index (χ2v) is 6.53. The number of ether oxygens (including phenoxy) is 1. The van der Waals surface area contributed by atoms with Crippen LogP contribution in [0.25, 0.3) is 0 Å². The monoisotopic (exact) mass is 323 g/mol. The molecule has 1 saturated heterocycles. The minimum atomic E-state index is -0.353. The summed E-state index contributed by atoms with van der Waals surface area (Å²) in [4.78, 5) is 12.5. The Bertz CT molecular complexity index is 521. The number of fused-ring (bicyclic) bond motifs is 1. The average molecular weight is 324 g/mol. The predicted octanol–water partition coefficient (Wildman–Crippen LogP) is 2.64. The molecule has 2 aliphatic heterocycles. The molecule has 1 fully saturated rings. The van der Waals surface area contributed by atoms with Gasteiger partial charge in [-0.3, -0.25) is 4.79 Å². The molecule has 1 unspecified atom stereocenters. The summed E-state index contributed by atoms with van der Waals surface area (Å²) < 4.78 is 6.72. The number of carbonyl (C=O) groups excluding carboxylic acids is 1. The van der Waals surface area contributed by atoms with Crippen molar-refractivity contribution < 1.29 is 9.53 Å². The number of carbonyl (C=O) groups is 1. The van der Waals surface area contributed by atoms with E-state index in [9.17, 15) is 4.79 Å². The Hall–Kier alpha value is -0.870. The van der Waals surface area contributed by atoms with Gasteiger partial charge < -0.3 is 10.1 Å². The summed E-state index contributed by atoms with van der Waals surface area (Å²) in [6.45, 7) is 3.68. The van der Waals surface area contributed by atoms with Gasteiger partial charge in [0, 0.05) is 22.9 Å². The number of ketones is 1. The maximum absolute atomic E-state index is 12.5. The van der Waals surface area contributed by atoms with Crippen molar-refractivity contribution in [1.29, 1.82) is 0 Å². The quantitative estimate of drug-likeness (QED) is 0.929. The van der Waals surface area contributed by atoms with Gasteiger partial charge >= 0.3 is 0 Å². The molecule has 0 bridgehead atoms. The molecule has 0 amide bonds. The van der Waals surface area contributed by atoms with E-state index >= 15 is 0 Å². The maximum atomic E-state index is 12.5. The number of hydrogen-bond acceptors (Lipinski definition) is 3. The van der Waals surface area contributed by atoms with Crippen LogP contribution in [0, 0.1) is 0 Å². The van der Waals surface area contributed by atoms with Crippen LogP contribution in [0.15, 0.2) is 16.6 Å². The summed E-state index contributed by atoms with van der Waals surface area (Å²) in [5.74, 6) is 1.19.